The lowest BCUT2D eigenvalue weighted by Gasteiger charge is -2.25. The average molecular weight is 503 g/mol. The normalized spacial score (nSPS) is 18.8. The Morgan fingerprint density at radius 2 is 1.94 bits per heavy atom. The summed E-state index contributed by atoms with van der Waals surface area (Å²) in [5.74, 6) is -0.249. The van der Waals surface area contributed by atoms with Crippen molar-refractivity contribution in [1.29, 1.82) is 0 Å². The summed E-state index contributed by atoms with van der Waals surface area (Å²) in [6.07, 6.45) is 0.781. The molecule has 3 aromatic rings. The number of imidazole rings is 1. The summed E-state index contributed by atoms with van der Waals surface area (Å²) in [5, 5.41) is 3.92. The van der Waals surface area contributed by atoms with Gasteiger partial charge in [-0.2, -0.15) is 0 Å². The van der Waals surface area contributed by atoms with E-state index in [0.717, 1.165) is 25.7 Å². The number of anilines is 2. The fourth-order valence-corrected chi connectivity index (χ4v) is 5.76. The predicted octanol–water partition coefficient (Wildman–Crippen LogP) is 5.58. The zero-order valence-electron chi connectivity index (χ0n) is 19.8. The highest BCUT2D eigenvalue weighted by atomic mass is 31.2. The van der Waals surface area contributed by atoms with Crippen LogP contribution < -0.4 is 10.6 Å². The molecule has 1 saturated carbocycles. The first kappa shape index (κ1) is 24.1. The van der Waals surface area contributed by atoms with E-state index in [1.165, 1.54) is 4.57 Å². The third-order valence-electron chi connectivity index (χ3n) is 6.51. The van der Waals surface area contributed by atoms with Gasteiger partial charge in [0.1, 0.15) is 24.7 Å². The minimum atomic E-state index is -2.82. The minimum absolute atomic E-state index is 0.0545. The van der Waals surface area contributed by atoms with E-state index >= 15 is 0 Å². The van der Waals surface area contributed by atoms with E-state index in [0.29, 0.717) is 35.4 Å². The van der Waals surface area contributed by atoms with E-state index in [1.807, 2.05) is 12.1 Å². The topological polar surface area (TPSA) is 86.1 Å². The number of pyridine rings is 1. The van der Waals surface area contributed by atoms with Crippen LogP contribution in [0.25, 0.3) is 11.2 Å². The van der Waals surface area contributed by atoms with Crippen LogP contribution >= 0.6 is 7.14 Å². The first-order valence-corrected chi connectivity index (χ1v) is 14.6. The van der Waals surface area contributed by atoms with Crippen LogP contribution in [-0.4, -0.2) is 40.3 Å². The maximum Gasteiger partial charge on any atom is 0.295 e. The quantitative estimate of drug-likeness (QED) is 0.405. The van der Waals surface area contributed by atoms with Crippen molar-refractivity contribution in [3.8, 4) is 0 Å². The Labute approximate surface area is 202 Å². The molecule has 186 valence electrons. The molecular weight excluding hydrogens is 473 g/mol. The Kier molecular flexibility index (Phi) is 6.49. The van der Waals surface area contributed by atoms with Crippen LogP contribution in [0.1, 0.15) is 56.3 Å². The van der Waals surface area contributed by atoms with Crippen molar-refractivity contribution >= 4 is 40.8 Å². The summed E-state index contributed by atoms with van der Waals surface area (Å²) >= 11 is 0. The van der Waals surface area contributed by atoms with Crippen molar-refractivity contribution in [3.05, 3.63) is 41.9 Å². The molecule has 2 aliphatic rings. The van der Waals surface area contributed by atoms with Crippen molar-refractivity contribution < 1.29 is 22.9 Å². The molecule has 0 radical (unpaired) electrons. The number of aromatic nitrogens is 3. The lowest BCUT2D eigenvalue weighted by atomic mass is 10.1. The minimum Gasteiger partial charge on any atom is -0.358 e. The summed E-state index contributed by atoms with van der Waals surface area (Å²) in [6, 6.07) is 8.91. The summed E-state index contributed by atoms with van der Waals surface area (Å²) in [6.45, 7) is 3.84. The average Bonchev–Trinajstić information content (AvgIpc) is 3.60. The van der Waals surface area contributed by atoms with Gasteiger partial charge in [0.25, 0.3) is 6.43 Å². The number of carbonyl (C=O) groups excluding carboxylic acids is 1. The number of carbonyl (C=O) groups is 1. The van der Waals surface area contributed by atoms with E-state index in [4.69, 9.17) is 4.74 Å². The number of rotatable bonds is 8. The molecule has 0 bridgehead atoms. The molecule has 2 aromatic heterocycles. The molecule has 1 unspecified atom stereocenters. The Balaban J connectivity index is 1.67. The number of nitrogens with one attached hydrogen (secondary N) is 1. The Bertz CT molecular complexity index is 1310. The van der Waals surface area contributed by atoms with Crippen LogP contribution in [0, 0.1) is 5.92 Å². The molecule has 1 aromatic carbocycles. The maximum atomic E-state index is 14.1. The van der Waals surface area contributed by atoms with Crippen molar-refractivity contribution in [2.75, 3.05) is 25.3 Å². The Morgan fingerprint density at radius 3 is 2.60 bits per heavy atom. The molecule has 7 nitrogen and oxygen atoms in total. The number of para-hydroxylation sites is 1. The molecule has 1 saturated heterocycles. The molecular formula is C25H29F2N4O3P. The van der Waals surface area contributed by atoms with E-state index < -0.39 is 25.6 Å². The fourth-order valence-electron chi connectivity index (χ4n) is 4.61. The van der Waals surface area contributed by atoms with E-state index in [-0.39, 0.29) is 29.3 Å². The molecule has 0 spiro atoms. The number of benzene rings is 1. The zero-order valence-corrected chi connectivity index (χ0v) is 20.7. The number of ketones is 1. The number of halogens is 2. The zero-order chi connectivity index (χ0) is 24.7. The molecule has 1 N–H and O–H groups in total. The van der Waals surface area contributed by atoms with Crippen LogP contribution in [0.3, 0.4) is 0 Å². The molecule has 35 heavy (non-hydrogen) atoms. The second-order valence-corrected chi connectivity index (χ2v) is 12.9. The van der Waals surface area contributed by atoms with Gasteiger partial charge in [-0.15, -0.1) is 0 Å². The van der Waals surface area contributed by atoms with Crippen LogP contribution in [0.4, 0.5) is 20.2 Å². The van der Waals surface area contributed by atoms with Crippen molar-refractivity contribution in [3.63, 3.8) is 0 Å². The van der Waals surface area contributed by atoms with Gasteiger partial charge in [0.2, 0.25) is 0 Å². The number of alkyl halides is 2. The lowest BCUT2D eigenvalue weighted by Crippen LogP contribution is -2.21. The van der Waals surface area contributed by atoms with Crippen LogP contribution in [0.2, 0.25) is 0 Å². The number of Topliss-reactive ketones (excluding diaryl/α,β-unsaturated/α-hetero) is 1. The number of hydrogen-bond donors (Lipinski definition) is 1. The number of nitrogens with zero attached hydrogens (tertiary/aromatic N) is 3. The van der Waals surface area contributed by atoms with E-state index in [2.05, 4.69) is 15.3 Å². The van der Waals surface area contributed by atoms with Crippen LogP contribution in [0.15, 0.2) is 30.3 Å². The van der Waals surface area contributed by atoms with E-state index in [1.54, 1.807) is 31.5 Å². The highest BCUT2D eigenvalue weighted by Crippen LogP contribution is 2.40. The lowest BCUT2D eigenvalue weighted by molar-refractivity contribution is -0.119. The summed E-state index contributed by atoms with van der Waals surface area (Å²) in [4.78, 5) is 21.5. The van der Waals surface area contributed by atoms with Gasteiger partial charge in [-0.05, 0) is 63.6 Å². The van der Waals surface area contributed by atoms with Gasteiger partial charge < -0.3 is 14.6 Å². The number of hydrogen-bond acceptors (Lipinski definition) is 6. The molecule has 2 fully saturated rings. The van der Waals surface area contributed by atoms with Crippen molar-refractivity contribution in [2.24, 2.45) is 5.92 Å². The fraction of sp³-hybridized carbons (Fsp3) is 0.480. The second kappa shape index (κ2) is 9.43. The van der Waals surface area contributed by atoms with Gasteiger partial charge >= 0.3 is 0 Å². The molecule has 3 heterocycles. The summed E-state index contributed by atoms with van der Waals surface area (Å²) in [7, 11) is -2.63. The molecule has 10 heteroatoms. The first-order chi connectivity index (χ1) is 16.7. The number of fused-ring (bicyclic) bond motifs is 1. The van der Waals surface area contributed by atoms with Gasteiger partial charge in [0.15, 0.2) is 11.5 Å². The standard InChI is InChI=1S/C25H29F2N4O3P/c1-35(2,33)20-8-4-3-7-17(20)29-18-13-16(14-19(32)15-10-11-15)28-24-22(18)30-25(23(26)27)31(24)21-9-5-6-12-34-21/h3-4,7-8,13,15,21,23H,5-6,9-12,14H2,1-2H3,(H,28,29). The van der Waals surface area contributed by atoms with Gasteiger partial charge in [0.05, 0.1) is 11.4 Å². The third kappa shape index (κ3) is 5.02. The number of ether oxygens (including phenoxy) is 1. The van der Waals surface area contributed by atoms with Gasteiger partial charge in [-0.3, -0.25) is 9.36 Å². The summed E-state index contributed by atoms with van der Waals surface area (Å²) < 4.78 is 48.4. The molecule has 5 rings (SSSR count). The van der Waals surface area contributed by atoms with Gasteiger partial charge in [-0.1, -0.05) is 12.1 Å². The highest BCUT2D eigenvalue weighted by molar-refractivity contribution is 7.70. The summed E-state index contributed by atoms with van der Waals surface area (Å²) in [5.41, 5.74) is 2.09. The molecule has 1 aliphatic heterocycles. The predicted molar refractivity (Wildman–Crippen MR) is 132 cm³/mol. The smallest absolute Gasteiger partial charge is 0.295 e. The monoisotopic (exact) mass is 502 g/mol. The van der Waals surface area contributed by atoms with Crippen LogP contribution in [-0.2, 0) is 20.5 Å². The molecule has 1 atom stereocenters. The van der Waals surface area contributed by atoms with Crippen LogP contribution in [0.5, 0.6) is 0 Å². The van der Waals surface area contributed by atoms with Gasteiger partial charge in [-0.25, -0.2) is 18.7 Å². The Hall–Kier alpha value is -2.64. The largest absolute Gasteiger partial charge is 0.358 e. The SMILES string of the molecule is CP(C)(=O)c1ccccc1Nc1cc(CC(=O)C2CC2)nc2c1nc(C(F)F)n2C1CCCCO1. The third-order valence-corrected chi connectivity index (χ3v) is 8.06. The second-order valence-electron chi connectivity index (χ2n) is 9.71. The molecule has 1 aliphatic carbocycles. The Morgan fingerprint density at radius 1 is 1.17 bits per heavy atom. The van der Waals surface area contributed by atoms with Crippen molar-refractivity contribution in [1.82, 2.24) is 14.5 Å². The van der Waals surface area contributed by atoms with E-state index in [9.17, 15) is 18.1 Å². The van der Waals surface area contributed by atoms with Gasteiger partial charge in [0, 0.05) is 29.9 Å². The molecule has 0 amide bonds. The first-order valence-electron chi connectivity index (χ1n) is 12.0. The maximum absolute atomic E-state index is 14.1. The highest BCUT2D eigenvalue weighted by Gasteiger charge is 2.32. The van der Waals surface area contributed by atoms with Crippen molar-refractivity contribution in [2.45, 2.75) is 51.2 Å².